The van der Waals surface area contributed by atoms with E-state index < -0.39 is 10.0 Å². The van der Waals surface area contributed by atoms with Gasteiger partial charge in [0, 0.05) is 6.54 Å². The fourth-order valence-electron chi connectivity index (χ4n) is 1.52. The quantitative estimate of drug-likeness (QED) is 0.562. The molecule has 0 amide bonds. The summed E-state index contributed by atoms with van der Waals surface area (Å²) >= 11 is 0. The van der Waals surface area contributed by atoms with Crippen molar-refractivity contribution in [3.63, 3.8) is 0 Å². The summed E-state index contributed by atoms with van der Waals surface area (Å²) in [6.45, 7) is 2.40. The molecule has 0 spiro atoms. The molecule has 1 aromatic carbocycles. The Morgan fingerprint density at radius 3 is 2.67 bits per heavy atom. The van der Waals surface area contributed by atoms with Gasteiger partial charge in [0.25, 0.3) is 0 Å². The molecule has 6 N–H and O–H groups in total. The zero-order chi connectivity index (χ0) is 13.8. The largest absolute Gasteiger partial charge is 0.396 e. The predicted molar refractivity (Wildman–Crippen MR) is 71.6 cm³/mol. The molecule has 0 aliphatic rings. The average molecular weight is 273 g/mol. The Balaban J connectivity index is 2.79. The molecular weight excluding hydrogens is 254 g/mol. The first-order valence-corrected chi connectivity index (χ1v) is 7.24. The molecule has 0 heterocycles. The van der Waals surface area contributed by atoms with Crippen molar-refractivity contribution >= 4 is 21.4 Å². The molecule has 0 aliphatic heterocycles. The molecule has 0 bridgehead atoms. The Morgan fingerprint density at radius 1 is 1.44 bits per heavy atom. The first kappa shape index (κ1) is 14.7. The van der Waals surface area contributed by atoms with Crippen LogP contribution in [-0.4, -0.2) is 26.2 Å². The van der Waals surface area contributed by atoms with Crippen molar-refractivity contribution in [2.45, 2.75) is 30.8 Å². The number of aliphatic hydroxyl groups is 1. The summed E-state index contributed by atoms with van der Waals surface area (Å²) in [7, 11) is -3.82. The van der Waals surface area contributed by atoms with Crippen LogP contribution in [0.1, 0.15) is 19.8 Å². The lowest BCUT2D eigenvalue weighted by Gasteiger charge is -2.13. The highest BCUT2D eigenvalue weighted by Crippen LogP contribution is 2.25. The van der Waals surface area contributed by atoms with Gasteiger partial charge in [-0.2, -0.15) is 0 Å². The highest BCUT2D eigenvalue weighted by molar-refractivity contribution is 7.89. The van der Waals surface area contributed by atoms with Gasteiger partial charge in [0.1, 0.15) is 4.90 Å². The van der Waals surface area contributed by atoms with Crippen LogP contribution in [0.4, 0.5) is 11.4 Å². The second-order valence-electron chi connectivity index (χ2n) is 4.04. The predicted octanol–water partition coefficient (Wildman–Crippen LogP) is 0.489. The molecule has 0 saturated carbocycles. The monoisotopic (exact) mass is 273 g/mol. The molecule has 0 radical (unpaired) electrons. The van der Waals surface area contributed by atoms with Crippen molar-refractivity contribution in [3.8, 4) is 0 Å². The molecule has 0 aliphatic carbocycles. The number of primary sulfonamides is 1. The number of hydrogen-bond donors (Lipinski definition) is 4. The summed E-state index contributed by atoms with van der Waals surface area (Å²) in [5, 5.41) is 17.4. The van der Waals surface area contributed by atoms with Crippen LogP contribution in [0.15, 0.2) is 23.1 Å². The third-order valence-electron chi connectivity index (χ3n) is 2.64. The van der Waals surface area contributed by atoms with Crippen molar-refractivity contribution in [1.29, 1.82) is 0 Å². The lowest BCUT2D eigenvalue weighted by molar-refractivity contribution is 0.164. The molecule has 6 nitrogen and oxygen atoms in total. The van der Waals surface area contributed by atoms with E-state index in [9.17, 15) is 13.5 Å². The van der Waals surface area contributed by atoms with Gasteiger partial charge in [-0.15, -0.1) is 0 Å². The van der Waals surface area contributed by atoms with Gasteiger partial charge in [-0.25, -0.2) is 13.6 Å². The summed E-state index contributed by atoms with van der Waals surface area (Å²) in [6, 6.07) is 4.59. The molecule has 18 heavy (non-hydrogen) atoms. The minimum atomic E-state index is -3.82. The van der Waals surface area contributed by atoms with Crippen LogP contribution in [-0.2, 0) is 10.0 Å². The number of nitrogens with two attached hydrogens (primary N) is 2. The molecule has 1 atom stereocenters. The third kappa shape index (κ3) is 3.86. The van der Waals surface area contributed by atoms with Crippen LogP contribution in [0.3, 0.4) is 0 Å². The van der Waals surface area contributed by atoms with Crippen molar-refractivity contribution in [2.24, 2.45) is 5.14 Å². The normalized spacial score (nSPS) is 13.3. The maximum Gasteiger partial charge on any atom is 0.240 e. The first-order valence-electron chi connectivity index (χ1n) is 5.69. The van der Waals surface area contributed by atoms with Gasteiger partial charge in [-0.05, 0) is 25.0 Å². The van der Waals surface area contributed by atoms with Crippen LogP contribution >= 0.6 is 0 Å². The Kier molecular flexibility index (Phi) is 4.94. The first-order chi connectivity index (χ1) is 8.36. The summed E-state index contributed by atoms with van der Waals surface area (Å²) in [4.78, 5) is -0.0939. The van der Waals surface area contributed by atoms with Crippen molar-refractivity contribution in [1.82, 2.24) is 0 Å². The number of benzene rings is 1. The van der Waals surface area contributed by atoms with E-state index in [1.165, 1.54) is 6.07 Å². The van der Waals surface area contributed by atoms with E-state index in [1.807, 2.05) is 6.92 Å². The Bertz CT molecular complexity index is 502. The second kappa shape index (κ2) is 6.03. The maximum atomic E-state index is 11.3. The summed E-state index contributed by atoms with van der Waals surface area (Å²) in [5.74, 6) is 0. The van der Waals surface area contributed by atoms with E-state index in [0.29, 0.717) is 25.1 Å². The van der Waals surface area contributed by atoms with Gasteiger partial charge in [0.2, 0.25) is 10.0 Å². The van der Waals surface area contributed by atoms with E-state index in [4.69, 9.17) is 10.9 Å². The number of nitrogens with one attached hydrogen (secondary N) is 1. The van der Waals surface area contributed by atoms with Crippen molar-refractivity contribution in [3.05, 3.63) is 18.2 Å². The minimum absolute atomic E-state index is 0.0939. The number of para-hydroxylation sites is 1. The lowest BCUT2D eigenvalue weighted by atomic mass is 10.2. The van der Waals surface area contributed by atoms with Gasteiger partial charge in [0.15, 0.2) is 0 Å². The molecular formula is C11H19N3O3S. The Hall–Kier alpha value is -1.31. The summed E-state index contributed by atoms with van der Waals surface area (Å²) < 4.78 is 22.5. The maximum absolute atomic E-state index is 11.3. The third-order valence-corrected chi connectivity index (χ3v) is 3.61. The van der Waals surface area contributed by atoms with Crippen LogP contribution in [0, 0.1) is 0 Å². The fourth-order valence-corrected chi connectivity index (χ4v) is 2.21. The van der Waals surface area contributed by atoms with E-state index >= 15 is 0 Å². The van der Waals surface area contributed by atoms with Crippen molar-refractivity contribution < 1.29 is 13.5 Å². The molecule has 1 rings (SSSR count). The molecule has 0 aromatic heterocycles. The highest BCUT2D eigenvalue weighted by atomic mass is 32.2. The smallest absolute Gasteiger partial charge is 0.240 e. The topological polar surface area (TPSA) is 118 Å². The Labute approximate surface area is 107 Å². The van der Waals surface area contributed by atoms with Crippen LogP contribution < -0.4 is 16.2 Å². The van der Waals surface area contributed by atoms with Crippen LogP contribution in [0.25, 0.3) is 0 Å². The van der Waals surface area contributed by atoms with E-state index in [0.717, 1.165) is 0 Å². The number of aliphatic hydroxyl groups excluding tert-OH is 1. The molecule has 1 unspecified atom stereocenters. The zero-order valence-corrected chi connectivity index (χ0v) is 11.1. The van der Waals surface area contributed by atoms with Gasteiger partial charge in [-0.1, -0.05) is 13.0 Å². The number of rotatable bonds is 6. The lowest BCUT2D eigenvalue weighted by Crippen LogP contribution is -2.17. The number of hydrogen-bond acceptors (Lipinski definition) is 5. The summed E-state index contributed by atoms with van der Waals surface area (Å²) in [5.41, 5.74) is 6.34. The van der Waals surface area contributed by atoms with Crippen molar-refractivity contribution in [2.75, 3.05) is 17.6 Å². The highest BCUT2D eigenvalue weighted by Gasteiger charge is 2.14. The molecule has 102 valence electrons. The van der Waals surface area contributed by atoms with Gasteiger partial charge in [0.05, 0.1) is 17.5 Å². The minimum Gasteiger partial charge on any atom is -0.396 e. The zero-order valence-electron chi connectivity index (χ0n) is 10.3. The standard InChI is InChI=1S/C11H19N3O3S/c1-2-8(15)6-7-14-9-4-3-5-10(11(9)12)18(13,16)17/h3-5,8,14-15H,2,6-7,12H2,1H3,(H2,13,16,17). The van der Waals surface area contributed by atoms with E-state index in [2.05, 4.69) is 5.32 Å². The summed E-state index contributed by atoms with van der Waals surface area (Å²) in [6.07, 6.45) is 0.865. The Morgan fingerprint density at radius 2 is 2.11 bits per heavy atom. The second-order valence-corrected chi connectivity index (χ2v) is 5.57. The fraction of sp³-hybridized carbons (Fsp3) is 0.455. The van der Waals surface area contributed by atoms with Crippen LogP contribution in [0.5, 0.6) is 0 Å². The van der Waals surface area contributed by atoms with E-state index in [1.54, 1.807) is 12.1 Å². The van der Waals surface area contributed by atoms with Crippen LogP contribution in [0.2, 0.25) is 0 Å². The number of anilines is 2. The number of sulfonamides is 1. The SMILES string of the molecule is CCC(O)CCNc1cccc(S(N)(=O)=O)c1N. The average Bonchev–Trinajstić information content (AvgIpc) is 2.29. The molecule has 1 aromatic rings. The number of nitrogen functional groups attached to an aromatic ring is 1. The van der Waals surface area contributed by atoms with E-state index in [-0.39, 0.29) is 16.7 Å². The molecule has 0 fully saturated rings. The van der Waals surface area contributed by atoms with Gasteiger partial charge >= 0.3 is 0 Å². The van der Waals surface area contributed by atoms with Gasteiger partial charge < -0.3 is 16.2 Å². The molecule has 7 heteroatoms. The molecule has 0 saturated heterocycles. The van der Waals surface area contributed by atoms with Gasteiger partial charge in [-0.3, -0.25) is 0 Å².